The van der Waals surface area contributed by atoms with Crippen molar-refractivity contribution < 1.29 is 0 Å². The van der Waals surface area contributed by atoms with Crippen LogP contribution < -0.4 is 0 Å². The molecule has 11 heavy (non-hydrogen) atoms. The summed E-state index contributed by atoms with van der Waals surface area (Å²) in [5, 5.41) is 0. The van der Waals surface area contributed by atoms with Gasteiger partial charge in [0, 0.05) is 0 Å². The van der Waals surface area contributed by atoms with E-state index in [1.807, 2.05) is 12.1 Å². The molecule has 0 aliphatic heterocycles. The second-order valence-corrected chi connectivity index (χ2v) is 2.57. The first-order valence-electron chi connectivity index (χ1n) is 3.98. The summed E-state index contributed by atoms with van der Waals surface area (Å²) < 4.78 is 0. The Labute approximate surface area is 68.6 Å². The minimum Gasteiger partial charge on any atom is -0.0763 e. The zero-order valence-electron chi connectivity index (χ0n) is 7.09. The monoisotopic (exact) mass is 145 g/mol. The SMILES string of the molecule is CC/C=[C]\c1ccccc1C. The summed E-state index contributed by atoms with van der Waals surface area (Å²) in [5.41, 5.74) is 2.49. The van der Waals surface area contributed by atoms with Crippen LogP contribution in [0.3, 0.4) is 0 Å². The molecular formula is C11H13. The first-order chi connectivity index (χ1) is 5.34. The van der Waals surface area contributed by atoms with Crippen molar-refractivity contribution in [3.05, 3.63) is 47.5 Å². The molecule has 0 saturated heterocycles. The van der Waals surface area contributed by atoms with Gasteiger partial charge in [-0.05, 0) is 30.5 Å². The third-order valence-electron chi connectivity index (χ3n) is 1.61. The molecule has 0 saturated carbocycles. The Kier molecular flexibility index (Phi) is 2.91. The van der Waals surface area contributed by atoms with E-state index in [1.54, 1.807) is 0 Å². The number of allylic oxidation sites excluding steroid dienone is 1. The molecular weight excluding hydrogens is 132 g/mol. The van der Waals surface area contributed by atoms with Crippen LogP contribution in [0.4, 0.5) is 0 Å². The van der Waals surface area contributed by atoms with E-state index in [1.165, 1.54) is 11.1 Å². The van der Waals surface area contributed by atoms with Crippen LogP contribution in [0.2, 0.25) is 0 Å². The Morgan fingerprint density at radius 1 is 1.36 bits per heavy atom. The van der Waals surface area contributed by atoms with Crippen LogP contribution in [0, 0.1) is 13.0 Å². The van der Waals surface area contributed by atoms with Crippen LogP contribution >= 0.6 is 0 Å². The molecule has 1 radical (unpaired) electrons. The minimum atomic E-state index is 1.05. The highest BCUT2D eigenvalue weighted by atomic mass is 13.9. The number of aryl methyl sites for hydroxylation is 1. The van der Waals surface area contributed by atoms with Gasteiger partial charge in [0.25, 0.3) is 0 Å². The molecule has 0 aliphatic carbocycles. The summed E-state index contributed by atoms with van der Waals surface area (Å²) in [6, 6.07) is 8.28. The lowest BCUT2D eigenvalue weighted by Crippen LogP contribution is -1.78. The van der Waals surface area contributed by atoms with Gasteiger partial charge in [-0.2, -0.15) is 0 Å². The Hall–Kier alpha value is -1.04. The van der Waals surface area contributed by atoms with E-state index in [9.17, 15) is 0 Å². The second-order valence-electron chi connectivity index (χ2n) is 2.57. The lowest BCUT2D eigenvalue weighted by molar-refractivity contribution is 1.21. The Balaban J connectivity index is 2.86. The lowest BCUT2D eigenvalue weighted by atomic mass is 10.1. The van der Waals surface area contributed by atoms with Crippen molar-refractivity contribution >= 4 is 0 Å². The topological polar surface area (TPSA) is 0 Å². The van der Waals surface area contributed by atoms with Gasteiger partial charge >= 0.3 is 0 Å². The van der Waals surface area contributed by atoms with Crippen molar-refractivity contribution in [2.45, 2.75) is 20.3 Å². The molecule has 0 N–H and O–H groups in total. The summed E-state index contributed by atoms with van der Waals surface area (Å²) in [6.45, 7) is 4.22. The summed E-state index contributed by atoms with van der Waals surface area (Å²) in [6.07, 6.45) is 6.35. The van der Waals surface area contributed by atoms with Gasteiger partial charge in [0.05, 0.1) is 0 Å². The van der Waals surface area contributed by atoms with Crippen molar-refractivity contribution in [1.82, 2.24) is 0 Å². The van der Waals surface area contributed by atoms with Crippen LogP contribution in [0.1, 0.15) is 24.5 Å². The molecule has 0 nitrogen and oxygen atoms in total. The van der Waals surface area contributed by atoms with Crippen molar-refractivity contribution in [3.63, 3.8) is 0 Å². The van der Waals surface area contributed by atoms with Gasteiger partial charge in [0.1, 0.15) is 0 Å². The normalized spacial score (nSPS) is 10.7. The van der Waals surface area contributed by atoms with Gasteiger partial charge in [-0.1, -0.05) is 37.3 Å². The van der Waals surface area contributed by atoms with Gasteiger partial charge < -0.3 is 0 Å². The van der Waals surface area contributed by atoms with Crippen LogP contribution in [0.25, 0.3) is 0 Å². The fraction of sp³-hybridized carbons (Fsp3) is 0.273. The van der Waals surface area contributed by atoms with E-state index in [0.29, 0.717) is 0 Å². The van der Waals surface area contributed by atoms with Crippen LogP contribution in [0.5, 0.6) is 0 Å². The smallest absolute Gasteiger partial charge is 0.0146 e. The minimum absolute atomic E-state index is 1.05. The molecule has 0 unspecified atom stereocenters. The molecule has 57 valence electrons. The van der Waals surface area contributed by atoms with Crippen molar-refractivity contribution in [2.24, 2.45) is 0 Å². The fourth-order valence-electron chi connectivity index (χ4n) is 0.947. The first kappa shape index (κ1) is 8.06. The molecule has 0 amide bonds. The predicted molar refractivity (Wildman–Crippen MR) is 48.4 cm³/mol. The van der Waals surface area contributed by atoms with Crippen molar-refractivity contribution in [3.8, 4) is 0 Å². The summed E-state index contributed by atoms with van der Waals surface area (Å²) in [4.78, 5) is 0. The van der Waals surface area contributed by atoms with Gasteiger partial charge in [0.2, 0.25) is 0 Å². The van der Waals surface area contributed by atoms with E-state index in [0.717, 1.165) is 6.42 Å². The predicted octanol–water partition coefficient (Wildman–Crippen LogP) is 3.11. The van der Waals surface area contributed by atoms with Gasteiger partial charge in [0.15, 0.2) is 0 Å². The summed E-state index contributed by atoms with van der Waals surface area (Å²) in [5.74, 6) is 0. The third-order valence-corrected chi connectivity index (χ3v) is 1.61. The summed E-state index contributed by atoms with van der Waals surface area (Å²) in [7, 11) is 0. The number of rotatable bonds is 2. The summed E-state index contributed by atoms with van der Waals surface area (Å²) >= 11 is 0. The second kappa shape index (κ2) is 3.97. The van der Waals surface area contributed by atoms with Crippen LogP contribution in [0.15, 0.2) is 30.3 Å². The average Bonchev–Trinajstić information content (AvgIpc) is 2.03. The molecule has 0 aromatic heterocycles. The number of hydrogen-bond donors (Lipinski definition) is 0. The fourth-order valence-corrected chi connectivity index (χ4v) is 0.947. The molecule has 0 heterocycles. The lowest BCUT2D eigenvalue weighted by Gasteiger charge is -1.96. The Bertz CT molecular complexity index is 246. The maximum Gasteiger partial charge on any atom is -0.0146 e. The van der Waals surface area contributed by atoms with E-state index < -0.39 is 0 Å². The number of benzene rings is 1. The maximum atomic E-state index is 3.24. The highest BCUT2D eigenvalue weighted by Crippen LogP contribution is 2.06. The molecule has 0 atom stereocenters. The Morgan fingerprint density at radius 3 is 2.73 bits per heavy atom. The van der Waals surface area contributed by atoms with Crippen molar-refractivity contribution in [1.29, 1.82) is 0 Å². The van der Waals surface area contributed by atoms with Crippen molar-refractivity contribution in [2.75, 3.05) is 0 Å². The largest absolute Gasteiger partial charge is 0.0763 e. The molecule has 0 heteroatoms. The van der Waals surface area contributed by atoms with E-state index in [-0.39, 0.29) is 0 Å². The maximum absolute atomic E-state index is 3.24. The third kappa shape index (κ3) is 2.23. The zero-order chi connectivity index (χ0) is 8.10. The molecule has 1 aromatic carbocycles. The van der Waals surface area contributed by atoms with Crippen LogP contribution in [-0.4, -0.2) is 0 Å². The highest BCUT2D eigenvalue weighted by molar-refractivity contribution is 5.30. The molecule has 0 aliphatic rings. The van der Waals surface area contributed by atoms with Gasteiger partial charge in [-0.3, -0.25) is 0 Å². The van der Waals surface area contributed by atoms with E-state index in [4.69, 9.17) is 0 Å². The van der Waals surface area contributed by atoms with Crippen LogP contribution in [-0.2, 0) is 0 Å². The van der Waals surface area contributed by atoms with Gasteiger partial charge in [-0.15, -0.1) is 0 Å². The zero-order valence-corrected chi connectivity index (χ0v) is 7.09. The quantitative estimate of drug-likeness (QED) is 0.599. The molecule has 1 rings (SSSR count). The average molecular weight is 145 g/mol. The molecule has 1 aromatic rings. The molecule has 0 fully saturated rings. The van der Waals surface area contributed by atoms with E-state index >= 15 is 0 Å². The molecule has 0 spiro atoms. The first-order valence-corrected chi connectivity index (χ1v) is 3.98. The van der Waals surface area contributed by atoms with E-state index in [2.05, 4.69) is 38.1 Å². The molecule has 0 bridgehead atoms. The highest BCUT2D eigenvalue weighted by Gasteiger charge is 1.89. The number of hydrogen-bond acceptors (Lipinski definition) is 0. The van der Waals surface area contributed by atoms with Gasteiger partial charge in [-0.25, -0.2) is 0 Å². The Morgan fingerprint density at radius 2 is 2.09 bits per heavy atom. The standard InChI is InChI=1S/C11H13/c1-3-4-8-11-9-6-5-7-10(11)2/h4-7,9H,3H2,1-2H3.